The summed E-state index contributed by atoms with van der Waals surface area (Å²) in [5.74, 6) is 0.766. The highest BCUT2D eigenvalue weighted by Gasteiger charge is 2.31. The van der Waals surface area contributed by atoms with E-state index >= 15 is 0 Å². The number of amides is 1. The maximum Gasteiger partial charge on any atom is 0.274 e. The van der Waals surface area contributed by atoms with Crippen molar-refractivity contribution in [3.05, 3.63) is 47.8 Å². The number of hydrogen-bond donors (Lipinski definition) is 3. The number of nitrogens with one attached hydrogen (secondary N) is 2. The van der Waals surface area contributed by atoms with Crippen molar-refractivity contribution in [1.29, 1.82) is 0 Å². The molecule has 9 nitrogen and oxygen atoms in total. The number of anilines is 1. The van der Waals surface area contributed by atoms with Crippen LogP contribution in [-0.2, 0) is 0 Å². The van der Waals surface area contributed by atoms with Crippen molar-refractivity contribution in [3.8, 4) is 21.1 Å². The summed E-state index contributed by atoms with van der Waals surface area (Å²) in [7, 11) is 0. The minimum absolute atomic E-state index is 0.164. The van der Waals surface area contributed by atoms with Gasteiger partial charge < -0.3 is 20.2 Å². The second-order valence-electron chi connectivity index (χ2n) is 10.2. The molecule has 192 valence electrons. The van der Waals surface area contributed by atoms with Gasteiger partial charge in [-0.1, -0.05) is 18.2 Å². The first-order chi connectivity index (χ1) is 17.9. The summed E-state index contributed by atoms with van der Waals surface area (Å²) in [5.41, 5.74) is 4.03. The Kier molecular flexibility index (Phi) is 6.18. The van der Waals surface area contributed by atoms with Gasteiger partial charge in [-0.2, -0.15) is 5.10 Å². The second kappa shape index (κ2) is 9.51. The molecule has 6 rings (SSSR count). The Labute approximate surface area is 219 Å². The highest BCUT2D eigenvalue weighted by molar-refractivity contribution is 7.18. The highest BCUT2D eigenvalue weighted by Crippen LogP contribution is 2.38. The molecule has 2 saturated heterocycles. The van der Waals surface area contributed by atoms with Gasteiger partial charge in [0.1, 0.15) is 22.2 Å². The van der Waals surface area contributed by atoms with Gasteiger partial charge in [0, 0.05) is 55.4 Å². The minimum atomic E-state index is -0.491. The molecule has 0 radical (unpaired) electrons. The van der Waals surface area contributed by atoms with Gasteiger partial charge in [0.05, 0.1) is 16.5 Å². The van der Waals surface area contributed by atoms with Crippen LogP contribution in [0.2, 0.25) is 0 Å². The molecule has 2 aliphatic heterocycles. The van der Waals surface area contributed by atoms with Crippen LogP contribution in [0.3, 0.4) is 0 Å². The van der Waals surface area contributed by atoms with Crippen LogP contribution in [0.4, 0.5) is 5.82 Å². The predicted molar refractivity (Wildman–Crippen MR) is 146 cm³/mol. The Morgan fingerprint density at radius 1 is 1.14 bits per heavy atom. The lowest BCUT2D eigenvalue weighted by atomic mass is 10.1. The third kappa shape index (κ3) is 4.49. The number of aliphatic hydroxyl groups is 1. The number of aromatic nitrogens is 4. The molecule has 4 aromatic rings. The number of β-amino-alcohol motifs (C(OH)–C–C–N with tert-alkyl or cyclic N) is 1. The summed E-state index contributed by atoms with van der Waals surface area (Å²) < 4.78 is 0. The van der Waals surface area contributed by atoms with Gasteiger partial charge in [0.25, 0.3) is 5.91 Å². The summed E-state index contributed by atoms with van der Waals surface area (Å²) in [4.78, 5) is 28.0. The number of aryl methyl sites for hydroxylation is 1. The Balaban J connectivity index is 1.39. The number of nitrogens with zero attached hydrogens (tertiary/aromatic N) is 5. The van der Waals surface area contributed by atoms with Gasteiger partial charge in [0.15, 0.2) is 0 Å². The molecule has 37 heavy (non-hydrogen) atoms. The first-order valence-electron chi connectivity index (χ1n) is 12.8. The number of aliphatic hydroxyl groups excluding tert-OH is 1. The average Bonchev–Trinajstić information content (AvgIpc) is 3.61. The zero-order chi connectivity index (χ0) is 25.7. The lowest BCUT2D eigenvalue weighted by Gasteiger charge is -2.36. The number of hydrogen-bond acceptors (Lipinski definition) is 8. The standard InChI is InChI=1S/C27H31N7O2S/c1-15-5-4-6-20-22(15)31-32-23(20)26-30-24(27(36)33-10-9-19(35)14-33)25(37-26)18-7-8-21(28-11-18)34-12-16(2)29-17(3)13-34/h4-8,11,16-17,19,29,35H,9-10,12-14H2,1-3H3,(H,31,32)/t16?,17?,19-/m0/s1. The molecule has 0 spiro atoms. The smallest absolute Gasteiger partial charge is 0.274 e. The highest BCUT2D eigenvalue weighted by atomic mass is 32.1. The van der Waals surface area contributed by atoms with E-state index in [9.17, 15) is 9.90 Å². The van der Waals surface area contributed by atoms with Gasteiger partial charge >= 0.3 is 0 Å². The summed E-state index contributed by atoms with van der Waals surface area (Å²) >= 11 is 1.47. The van der Waals surface area contributed by atoms with Crippen LogP contribution in [0.1, 0.15) is 36.3 Å². The van der Waals surface area contributed by atoms with Gasteiger partial charge in [-0.3, -0.25) is 9.89 Å². The Morgan fingerprint density at radius 3 is 2.65 bits per heavy atom. The zero-order valence-electron chi connectivity index (χ0n) is 21.2. The van der Waals surface area contributed by atoms with Crippen molar-refractivity contribution in [1.82, 2.24) is 30.4 Å². The van der Waals surface area contributed by atoms with E-state index in [0.717, 1.165) is 51.5 Å². The molecule has 3 N–H and O–H groups in total. The fraction of sp³-hybridized carbons (Fsp3) is 0.407. The summed E-state index contributed by atoms with van der Waals surface area (Å²) in [6, 6.07) is 10.9. The van der Waals surface area contributed by atoms with Crippen molar-refractivity contribution >= 4 is 34.0 Å². The van der Waals surface area contributed by atoms with E-state index in [-0.39, 0.29) is 5.91 Å². The number of carbonyl (C=O) groups excluding carboxylic acids is 1. The number of likely N-dealkylation sites (tertiary alicyclic amines) is 1. The third-order valence-electron chi connectivity index (χ3n) is 7.17. The van der Waals surface area contributed by atoms with Crippen molar-refractivity contribution in [3.63, 3.8) is 0 Å². The molecule has 2 aliphatic rings. The largest absolute Gasteiger partial charge is 0.391 e. The van der Waals surface area contributed by atoms with E-state index in [1.807, 2.05) is 43.5 Å². The number of thiazole rings is 1. The molecule has 1 amide bonds. The van der Waals surface area contributed by atoms with E-state index in [1.165, 1.54) is 11.3 Å². The Hall–Kier alpha value is -3.34. The SMILES string of the molecule is Cc1cccc2c(-c3nc(C(=O)N4CC[C@H](O)C4)c(-c4ccc(N5CC(C)NC(C)C5)nc4)s3)[nH]nc12. The maximum atomic E-state index is 13.6. The molecule has 0 saturated carbocycles. The molecular weight excluding hydrogens is 486 g/mol. The number of rotatable bonds is 4. The molecular formula is C27H31N7O2S. The van der Waals surface area contributed by atoms with Crippen molar-refractivity contribution in [2.24, 2.45) is 0 Å². The normalized spacial score (nSPS) is 22.2. The zero-order valence-corrected chi connectivity index (χ0v) is 22.0. The molecule has 0 aliphatic carbocycles. The molecule has 2 fully saturated rings. The first kappa shape index (κ1) is 24.0. The number of fused-ring (bicyclic) bond motifs is 1. The van der Waals surface area contributed by atoms with E-state index in [1.54, 1.807) is 4.90 Å². The number of piperazine rings is 1. The monoisotopic (exact) mass is 517 g/mol. The van der Waals surface area contributed by atoms with Crippen LogP contribution in [-0.4, -0.2) is 80.4 Å². The van der Waals surface area contributed by atoms with Gasteiger partial charge in [-0.05, 0) is 44.9 Å². The number of pyridine rings is 1. The van der Waals surface area contributed by atoms with E-state index in [2.05, 4.69) is 34.3 Å². The summed E-state index contributed by atoms with van der Waals surface area (Å²) in [6.07, 6.45) is 1.93. The molecule has 10 heteroatoms. The van der Waals surface area contributed by atoms with Gasteiger partial charge in [-0.15, -0.1) is 11.3 Å². The second-order valence-corrected chi connectivity index (χ2v) is 11.2. The maximum absolute atomic E-state index is 13.6. The van der Waals surface area contributed by atoms with Gasteiger partial charge in [0.2, 0.25) is 0 Å². The number of aromatic amines is 1. The van der Waals surface area contributed by atoms with E-state index in [4.69, 9.17) is 9.97 Å². The number of H-pyrrole nitrogens is 1. The Bertz CT molecular complexity index is 1440. The van der Waals surface area contributed by atoms with Crippen molar-refractivity contribution < 1.29 is 9.90 Å². The molecule has 0 bridgehead atoms. The molecule has 5 heterocycles. The van der Waals surface area contributed by atoms with E-state index < -0.39 is 6.10 Å². The quantitative estimate of drug-likeness (QED) is 0.380. The minimum Gasteiger partial charge on any atom is -0.391 e. The van der Waals surface area contributed by atoms with Crippen LogP contribution in [0.25, 0.3) is 32.0 Å². The van der Waals surface area contributed by atoms with Crippen molar-refractivity contribution in [2.75, 3.05) is 31.1 Å². The fourth-order valence-corrected chi connectivity index (χ4v) is 6.47. The molecule has 3 aromatic heterocycles. The molecule has 2 unspecified atom stereocenters. The third-order valence-corrected chi connectivity index (χ3v) is 8.29. The summed E-state index contributed by atoms with van der Waals surface area (Å²) in [6.45, 7) is 9.04. The van der Waals surface area contributed by atoms with Crippen LogP contribution in [0.5, 0.6) is 0 Å². The topological polar surface area (TPSA) is 110 Å². The lowest BCUT2D eigenvalue weighted by molar-refractivity contribution is 0.0761. The fourth-order valence-electron chi connectivity index (χ4n) is 5.41. The number of para-hydroxylation sites is 1. The Morgan fingerprint density at radius 2 is 1.95 bits per heavy atom. The van der Waals surface area contributed by atoms with Crippen LogP contribution < -0.4 is 10.2 Å². The van der Waals surface area contributed by atoms with Crippen molar-refractivity contribution in [2.45, 2.75) is 45.4 Å². The molecule has 1 aromatic carbocycles. The van der Waals surface area contributed by atoms with Crippen LogP contribution in [0, 0.1) is 6.92 Å². The van der Waals surface area contributed by atoms with Crippen LogP contribution in [0.15, 0.2) is 36.5 Å². The average molecular weight is 518 g/mol. The number of carbonyl (C=O) groups is 1. The number of benzene rings is 1. The first-order valence-corrected chi connectivity index (χ1v) is 13.6. The van der Waals surface area contributed by atoms with Gasteiger partial charge in [-0.25, -0.2) is 9.97 Å². The van der Waals surface area contributed by atoms with Crippen LogP contribution >= 0.6 is 11.3 Å². The molecule has 3 atom stereocenters. The predicted octanol–water partition coefficient (Wildman–Crippen LogP) is 3.45. The van der Waals surface area contributed by atoms with E-state index in [0.29, 0.717) is 42.3 Å². The summed E-state index contributed by atoms with van der Waals surface area (Å²) in [5, 5.41) is 22.9. The lowest BCUT2D eigenvalue weighted by Crippen LogP contribution is -2.54.